The standard InChI is InChI=1S/C11H21N3O2/c1-13-2-4-14(5-3-13)6-7-16-10-8-11(15)12-9-10/h10H,2-9H2,1H3,(H,12,15). The highest BCUT2D eigenvalue weighted by molar-refractivity contribution is 5.78. The zero-order valence-electron chi connectivity index (χ0n) is 9.95. The van der Waals surface area contributed by atoms with Gasteiger partial charge in [0.25, 0.3) is 0 Å². The van der Waals surface area contributed by atoms with Gasteiger partial charge in [0, 0.05) is 39.3 Å². The Morgan fingerprint density at radius 3 is 2.75 bits per heavy atom. The van der Waals surface area contributed by atoms with E-state index in [0.29, 0.717) is 13.0 Å². The first-order valence-electron chi connectivity index (χ1n) is 6.03. The molecule has 2 aliphatic heterocycles. The van der Waals surface area contributed by atoms with Crippen molar-refractivity contribution in [1.29, 1.82) is 0 Å². The van der Waals surface area contributed by atoms with E-state index in [4.69, 9.17) is 4.74 Å². The molecule has 0 aromatic carbocycles. The predicted octanol–water partition coefficient (Wildman–Crippen LogP) is -0.861. The van der Waals surface area contributed by atoms with Crippen molar-refractivity contribution in [1.82, 2.24) is 15.1 Å². The monoisotopic (exact) mass is 227 g/mol. The number of hydrogen-bond acceptors (Lipinski definition) is 4. The number of piperazine rings is 1. The Morgan fingerprint density at radius 1 is 1.38 bits per heavy atom. The Hall–Kier alpha value is -0.650. The van der Waals surface area contributed by atoms with Gasteiger partial charge < -0.3 is 15.0 Å². The van der Waals surface area contributed by atoms with Gasteiger partial charge in [-0.3, -0.25) is 9.69 Å². The lowest BCUT2D eigenvalue weighted by Crippen LogP contribution is -2.45. The fraction of sp³-hybridized carbons (Fsp3) is 0.909. The second-order valence-corrected chi connectivity index (χ2v) is 4.65. The molecular weight excluding hydrogens is 206 g/mol. The van der Waals surface area contributed by atoms with Gasteiger partial charge in [-0.15, -0.1) is 0 Å². The largest absolute Gasteiger partial charge is 0.375 e. The zero-order valence-corrected chi connectivity index (χ0v) is 9.95. The van der Waals surface area contributed by atoms with Gasteiger partial charge >= 0.3 is 0 Å². The van der Waals surface area contributed by atoms with E-state index in [-0.39, 0.29) is 12.0 Å². The van der Waals surface area contributed by atoms with Crippen LogP contribution >= 0.6 is 0 Å². The highest BCUT2D eigenvalue weighted by atomic mass is 16.5. The maximum Gasteiger partial charge on any atom is 0.222 e. The molecule has 2 fully saturated rings. The van der Waals surface area contributed by atoms with Gasteiger partial charge in [0.1, 0.15) is 0 Å². The Balaban J connectivity index is 1.56. The third kappa shape index (κ3) is 3.43. The molecule has 0 bridgehead atoms. The van der Waals surface area contributed by atoms with Crippen molar-refractivity contribution in [2.24, 2.45) is 0 Å². The van der Waals surface area contributed by atoms with Crippen molar-refractivity contribution in [2.45, 2.75) is 12.5 Å². The summed E-state index contributed by atoms with van der Waals surface area (Å²) >= 11 is 0. The summed E-state index contributed by atoms with van der Waals surface area (Å²) in [4.78, 5) is 15.7. The second kappa shape index (κ2) is 5.61. The van der Waals surface area contributed by atoms with Crippen LogP contribution in [0.1, 0.15) is 6.42 Å². The van der Waals surface area contributed by atoms with Crippen molar-refractivity contribution in [3.8, 4) is 0 Å². The summed E-state index contributed by atoms with van der Waals surface area (Å²) in [5.74, 6) is 0.115. The van der Waals surface area contributed by atoms with E-state index >= 15 is 0 Å². The predicted molar refractivity (Wildman–Crippen MR) is 61.3 cm³/mol. The second-order valence-electron chi connectivity index (χ2n) is 4.65. The number of carbonyl (C=O) groups is 1. The Bertz CT molecular complexity index is 239. The summed E-state index contributed by atoms with van der Waals surface area (Å²) in [6.07, 6.45) is 0.628. The highest BCUT2D eigenvalue weighted by Gasteiger charge is 2.22. The molecule has 1 atom stereocenters. The fourth-order valence-corrected chi connectivity index (χ4v) is 2.12. The molecule has 2 heterocycles. The molecule has 0 saturated carbocycles. The number of amides is 1. The number of ether oxygens (including phenoxy) is 1. The van der Waals surface area contributed by atoms with Crippen molar-refractivity contribution in [3.05, 3.63) is 0 Å². The van der Waals surface area contributed by atoms with Crippen molar-refractivity contribution >= 4 is 5.91 Å². The van der Waals surface area contributed by atoms with Gasteiger partial charge in [-0.1, -0.05) is 0 Å². The minimum atomic E-state index is 0.0972. The SMILES string of the molecule is CN1CCN(CCOC2CNC(=O)C2)CC1. The number of nitrogens with zero attached hydrogens (tertiary/aromatic N) is 2. The molecule has 2 rings (SSSR count). The average Bonchev–Trinajstić information content (AvgIpc) is 2.67. The molecule has 0 aromatic heterocycles. The molecule has 1 unspecified atom stereocenters. The molecule has 1 N–H and O–H groups in total. The maximum absolute atomic E-state index is 10.9. The van der Waals surface area contributed by atoms with Crippen LogP contribution in [0.25, 0.3) is 0 Å². The van der Waals surface area contributed by atoms with E-state index in [9.17, 15) is 4.79 Å². The van der Waals surface area contributed by atoms with E-state index in [2.05, 4.69) is 22.2 Å². The number of nitrogens with one attached hydrogen (secondary N) is 1. The minimum Gasteiger partial charge on any atom is -0.375 e. The summed E-state index contributed by atoms with van der Waals surface area (Å²) in [6, 6.07) is 0. The molecule has 1 amide bonds. The van der Waals surface area contributed by atoms with Crippen LogP contribution in [0.15, 0.2) is 0 Å². The van der Waals surface area contributed by atoms with Gasteiger partial charge in [-0.2, -0.15) is 0 Å². The van der Waals surface area contributed by atoms with Crippen molar-refractivity contribution in [2.75, 3.05) is 52.9 Å². The molecule has 2 saturated heterocycles. The first kappa shape index (κ1) is 11.8. The van der Waals surface area contributed by atoms with Gasteiger partial charge in [0.2, 0.25) is 5.91 Å². The molecule has 0 aliphatic carbocycles. The summed E-state index contributed by atoms with van der Waals surface area (Å²) in [5.41, 5.74) is 0. The van der Waals surface area contributed by atoms with E-state index < -0.39 is 0 Å². The van der Waals surface area contributed by atoms with Crippen molar-refractivity contribution in [3.63, 3.8) is 0 Å². The van der Waals surface area contributed by atoms with E-state index in [1.54, 1.807) is 0 Å². The lowest BCUT2D eigenvalue weighted by Gasteiger charge is -2.32. The molecule has 0 radical (unpaired) electrons. The number of hydrogen-bond donors (Lipinski definition) is 1. The van der Waals surface area contributed by atoms with Crippen LogP contribution in [-0.2, 0) is 9.53 Å². The smallest absolute Gasteiger partial charge is 0.222 e. The Morgan fingerprint density at radius 2 is 2.12 bits per heavy atom. The topological polar surface area (TPSA) is 44.8 Å². The number of rotatable bonds is 4. The molecule has 16 heavy (non-hydrogen) atoms. The Labute approximate surface area is 96.7 Å². The van der Waals surface area contributed by atoms with Crippen LogP contribution in [-0.4, -0.2) is 74.7 Å². The number of carbonyl (C=O) groups excluding carboxylic acids is 1. The van der Waals surface area contributed by atoms with Crippen LogP contribution in [0, 0.1) is 0 Å². The van der Waals surface area contributed by atoms with Crippen LogP contribution in [0.3, 0.4) is 0 Å². The first-order chi connectivity index (χ1) is 7.74. The molecule has 92 valence electrons. The Kier molecular flexibility index (Phi) is 4.15. The van der Waals surface area contributed by atoms with Crippen LogP contribution in [0.2, 0.25) is 0 Å². The molecule has 5 heteroatoms. The molecule has 5 nitrogen and oxygen atoms in total. The van der Waals surface area contributed by atoms with Gasteiger partial charge in [0.05, 0.1) is 19.1 Å². The molecule has 2 aliphatic rings. The summed E-state index contributed by atoms with van der Waals surface area (Å²) in [5, 5.41) is 2.78. The number of likely N-dealkylation sites (N-methyl/N-ethyl adjacent to an activating group) is 1. The summed E-state index contributed by atoms with van der Waals surface area (Å²) in [7, 11) is 2.16. The van der Waals surface area contributed by atoms with Crippen molar-refractivity contribution < 1.29 is 9.53 Å². The molecule has 0 spiro atoms. The van der Waals surface area contributed by atoms with E-state index in [1.165, 1.54) is 0 Å². The zero-order chi connectivity index (χ0) is 11.4. The third-order valence-corrected chi connectivity index (χ3v) is 3.30. The van der Waals surface area contributed by atoms with Gasteiger partial charge in [-0.25, -0.2) is 0 Å². The van der Waals surface area contributed by atoms with Gasteiger partial charge in [0.15, 0.2) is 0 Å². The van der Waals surface area contributed by atoms with Gasteiger partial charge in [-0.05, 0) is 7.05 Å². The van der Waals surface area contributed by atoms with E-state index in [1.807, 2.05) is 0 Å². The quantitative estimate of drug-likeness (QED) is 0.679. The molecular formula is C11H21N3O2. The average molecular weight is 227 g/mol. The maximum atomic E-state index is 10.9. The third-order valence-electron chi connectivity index (χ3n) is 3.30. The fourth-order valence-electron chi connectivity index (χ4n) is 2.12. The normalized spacial score (nSPS) is 28.3. The van der Waals surface area contributed by atoms with E-state index in [0.717, 1.165) is 39.3 Å². The van der Waals surface area contributed by atoms with Crippen LogP contribution in [0.5, 0.6) is 0 Å². The minimum absolute atomic E-state index is 0.0972. The first-order valence-corrected chi connectivity index (χ1v) is 6.03. The highest BCUT2D eigenvalue weighted by Crippen LogP contribution is 2.05. The summed E-state index contributed by atoms with van der Waals surface area (Å²) in [6.45, 7) is 6.94. The lowest BCUT2D eigenvalue weighted by molar-refractivity contribution is -0.119. The van der Waals surface area contributed by atoms with Crippen LogP contribution < -0.4 is 5.32 Å². The molecule has 0 aromatic rings. The lowest BCUT2D eigenvalue weighted by atomic mass is 10.3. The van der Waals surface area contributed by atoms with Crippen LogP contribution in [0.4, 0.5) is 0 Å². The summed E-state index contributed by atoms with van der Waals surface area (Å²) < 4.78 is 5.66.